The molecule has 2 aromatic rings. The molecule has 2 N–H and O–H groups in total. The maximum absolute atomic E-state index is 12.4. The van der Waals surface area contributed by atoms with E-state index in [2.05, 4.69) is 27.7 Å². The summed E-state index contributed by atoms with van der Waals surface area (Å²) >= 11 is 0. The number of carbonyl (C=O) groups is 2. The molecule has 6 nitrogen and oxygen atoms in total. The van der Waals surface area contributed by atoms with Crippen molar-refractivity contribution < 1.29 is 14.3 Å². The number of hydrogen-bond donors (Lipinski definition) is 2. The number of amides is 2. The predicted octanol–water partition coefficient (Wildman–Crippen LogP) is 2.21. The first kappa shape index (κ1) is 19.9. The smallest absolute Gasteiger partial charge is 0.255 e. The monoisotopic (exact) mass is 381 g/mol. The highest BCUT2D eigenvalue weighted by molar-refractivity contribution is 5.98. The Morgan fingerprint density at radius 2 is 1.86 bits per heavy atom. The molecule has 1 unspecified atom stereocenters. The summed E-state index contributed by atoms with van der Waals surface area (Å²) in [5.74, 6) is 0.0420. The third-order valence-electron chi connectivity index (χ3n) is 4.73. The Balaban J connectivity index is 1.43. The quantitative estimate of drug-likeness (QED) is 0.736. The Labute approximate surface area is 165 Å². The van der Waals surface area contributed by atoms with Gasteiger partial charge in [-0.2, -0.15) is 0 Å². The molecule has 28 heavy (non-hydrogen) atoms. The molecule has 1 aliphatic heterocycles. The number of carbonyl (C=O) groups excluding carboxylic acids is 2. The van der Waals surface area contributed by atoms with Crippen LogP contribution < -0.4 is 15.4 Å². The van der Waals surface area contributed by atoms with Crippen LogP contribution in [0.15, 0.2) is 54.6 Å². The van der Waals surface area contributed by atoms with Crippen LogP contribution in [0.4, 0.5) is 0 Å². The minimum Gasteiger partial charge on any atom is -0.493 e. The van der Waals surface area contributed by atoms with Gasteiger partial charge in [-0.15, -0.1) is 0 Å². The third-order valence-corrected chi connectivity index (χ3v) is 4.73. The second kappa shape index (κ2) is 9.90. The second-order valence-electron chi connectivity index (χ2n) is 6.89. The number of hydrogen-bond acceptors (Lipinski definition) is 4. The van der Waals surface area contributed by atoms with E-state index in [4.69, 9.17) is 4.74 Å². The maximum atomic E-state index is 12.4. The fraction of sp³-hybridized carbons (Fsp3) is 0.364. The van der Waals surface area contributed by atoms with Crippen molar-refractivity contribution in [3.05, 3.63) is 65.7 Å². The molecule has 2 amide bonds. The van der Waals surface area contributed by atoms with Crippen LogP contribution in [0.1, 0.15) is 29.3 Å². The van der Waals surface area contributed by atoms with Crippen LogP contribution in [0, 0.1) is 0 Å². The molecule has 1 aliphatic rings. The highest BCUT2D eigenvalue weighted by Crippen LogP contribution is 2.17. The van der Waals surface area contributed by atoms with Gasteiger partial charge in [0.15, 0.2) is 0 Å². The first-order valence-corrected chi connectivity index (χ1v) is 9.71. The summed E-state index contributed by atoms with van der Waals surface area (Å²) in [4.78, 5) is 26.9. The molecule has 148 valence electrons. The molecule has 0 spiro atoms. The second-order valence-corrected chi connectivity index (χ2v) is 6.89. The molecule has 1 fully saturated rings. The lowest BCUT2D eigenvalue weighted by Crippen LogP contribution is -2.43. The van der Waals surface area contributed by atoms with E-state index < -0.39 is 0 Å². The van der Waals surface area contributed by atoms with Gasteiger partial charge in [-0.3, -0.25) is 14.5 Å². The van der Waals surface area contributed by atoms with E-state index in [9.17, 15) is 9.59 Å². The Kier molecular flexibility index (Phi) is 7.03. The third kappa shape index (κ3) is 5.57. The number of likely N-dealkylation sites (tertiary alicyclic amines) is 1. The van der Waals surface area contributed by atoms with E-state index in [1.807, 2.05) is 31.2 Å². The topological polar surface area (TPSA) is 70.7 Å². The Morgan fingerprint density at radius 1 is 1.11 bits per heavy atom. The van der Waals surface area contributed by atoms with Crippen LogP contribution in [0.2, 0.25) is 0 Å². The summed E-state index contributed by atoms with van der Waals surface area (Å²) in [6.45, 7) is 4.96. The van der Waals surface area contributed by atoms with E-state index in [0.717, 1.165) is 26.1 Å². The van der Waals surface area contributed by atoms with Gasteiger partial charge in [-0.25, -0.2) is 0 Å². The fourth-order valence-corrected chi connectivity index (χ4v) is 3.41. The number of ether oxygens (including phenoxy) is 1. The largest absolute Gasteiger partial charge is 0.493 e. The molecule has 0 aromatic heterocycles. The summed E-state index contributed by atoms with van der Waals surface area (Å²) < 4.78 is 5.47. The predicted molar refractivity (Wildman–Crippen MR) is 108 cm³/mol. The number of para-hydroxylation sites is 1. The molecule has 3 rings (SSSR count). The summed E-state index contributed by atoms with van der Waals surface area (Å²) in [5, 5.41) is 5.69. The SMILES string of the molecule is CCOc1ccccc1C(=O)NCC(=O)NC1CCN(Cc2ccccc2)C1. The van der Waals surface area contributed by atoms with Crippen molar-refractivity contribution in [2.45, 2.75) is 25.9 Å². The molecule has 0 radical (unpaired) electrons. The fourth-order valence-electron chi connectivity index (χ4n) is 3.41. The Hall–Kier alpha value is -2.86. The average Bonchev–Trinajstić information content (AvgIpc) is 3.14. The van der Waals surface area contributed by atoms with Crippen LogP contribution in [-0.2, 0) is 11.3 Å². The van der Waals surface area contributed by atoms with Crippen molar-refractivity contribution in [3.63, 3.8) is 0 Å². The first-order valence-electron chi connectivity index (χ1n) is 9.71. The minimum atomic E-state index is -0.309. The lowest BCUT2D eigenvalue weighted by Gasteiger charge is -2.17. The van der Waals surface area contributed by atoms with Gasteiger partial charge < -0.3 is 15.4 Å². The van der Waals surface area contributed by atoms with E-state index in [-0.39, 0.29) is 24.4 Å². The van der Waals surface area contributed by atoms with Crippen molar-refractivity contribution in [3.8, 4) is 5.75 Å². The van der Waals surface area contributed by atoms with Crippen LogP contribution in [-0.4, -0.2) is 49.0 Å². The zero-order chi connectivity index (χ0) is 19.8. The lowest BCUT2D eigenvalue weighted by atomic mass is 10.2. The molecule has 0 aliphatic carbocycles. The van der Waals surface area contributed by atoms with Crippen LogP contribution in [0.25, 0.3) is 0 Å². The molecular formula is C22H27N3O3. The minimum absolute atomic E-state index is 0.0471. The van der Waals surface area contributed by atoms with Gasteiger partial charge in [0.05, 0.1) is 18.7 Å². The van der Waals surface area contributed by atoms with E-state index in [1.54, 1.807) is 18.2 Å². The van der Waals surface area contributed by atoms with Crippen molar-refractivity contribution in [2.24, 2.45) is 0 Å². The molecule has 2 aromatic carbocycles. The van der Waals surface area contributed by atoms with E-state index >= 15 is 0 Å². The normalized spacial score (nSPS) is 16.5. The van der Waals surface area contributed by atoms with Gasteiger partial charge in [0.2, 0.25) is 5.91 Å². The zero-order valence-electron chi connectivity index (χ0n) is 16.2. The molecule has 1 atom stereocenters. The highest BCUT2D eigenvalue weighted by atomic mass is 16.5. The van der Waals surface area contributed by atoms with Crippen molar-refractivity contribution in [2.75, 3.05) is 26.2 Å². The Morgan fingerprint density at radius 3 is 2.64 bits per heavy atom. The van der Waals surface area contributed by atoms with Crippen molar-refractivity contribution >= 4 is 11.8 Å². The number of benzene rings is 2. The summed E-state index contributed by atoms with van der Waals surface area (Å²) in [5.41, 5.74) is 1.71. The molecule has 0 bridgehead atoms. The number of rotatable bonds is 8. The van der Waals surface area contributed by atoms with E-state index in [0.29, 0.717) is 17.9 Å². The first-order chi connectivity index (χ1) is 13.7. The summed E-state index contributed by atoms with van der Waals surface area (Å²) in [6, 6.07) is 17.5. The van der Waals surface area contributed by atoms with Gasteiger partial charge in [0.1, 0.15) is 5.75 Å². The molecule has 0 saturated carbocycles. The van der Waals surface area contributed by atoms with Gasteiger partial charge in [0, 0.05) is 25.7 Å². The van der Waals surface area contributed by atoms with E-state index in [1.165, 1.54) is 5.56 Å². The molecule has 6 heteroatoms. The highest BCUT2D eigenvalue weighted by Gasteiger charge is 2.24. The molecule has 1 heterocycles. The van der Waals surface area contributed by atoms with Gasteiger partial charge in [-0.1, -0.05) is 42.5 Å². The number of nitrogens with zero attached hydrogens (tertiary/aromatic N) is 1. The maximum Gasteiger partial charge on any atom is 0.255 e. The van der Waals surface area contributed by atoms with Gasteiger partial charge in [0.25, 0.3) is 5.91 Å². The van der Waals surface area contributed by atoms with Crippen LogP contribution >= 0.6 is 0 Å². The number of nitrogens with one attached hydrogen (secondary N) is 2. The summed E-state index contributed by atoms with van der Waals surface area (Å²) in [7, 11) is 0. The Bertz CT molecular complexity index is 795. The van der Waals surface area contributed by atoms with Crippen LogP contribution in [0.3, 0.4) is 0 Å². The molecular weight excluding hydrogens is 354 g/mol. The van der Waals surface area contributed by atoms with Gasteiger partial charge >= 0.3 is 0 Å². The standard InChI is InChI=1S/C22H27N3O3/c1-2-28-20-11-7-6-10-19(20)22(27)23-14-21(26)24-18-12-13-25(16-18)15-17-8-4-3-5-9-17/h3-11,18H,2,12-16H2,1H3,(H,23,27)(H,24,26). The zero-order valence-corrected chi connectivity index (χ0v) is 16.2. The summed E-state index contributed by atoms with van der Waals surface area (Å²) in [6.07, 6.45) is 0.916. The average molecular weight is 381 g/mol. The molecule has 1 saturated heterocycles. The van der Waals surface area contributed by atoms with Crippen LogP contribution in [0.5, 0.6) is 5.75 Å². The van der Waals surface area contributed by atoms with Gasteiger partial charge in [-0.05, 0) is 31.0 Å². The van der Waals surface area contributed by atoms with Crippen molar-refractivity contribution in [1.82, 2.24) is 15.5 Å². The lowest BCUT2D eigenvalue weighted by molar-refractivity contribution is -0.120. The van der Waals surface area contributed by atoms with Crippen molar-refractivity contribution in [1.29, 1.82) is 0 Å².